The summed E-state index contributed by atoms with van der Waals surface area (Å²) < 4.78 is 1.09. The molecule has 0 unspecified atom stereocenters. The summed E-state index contributed by atoms with van der Waals surface area (Å²) in [7, 11) is 0. The summed E-state index contributed by atoms with van der Waals surface area (Å²) in [6.07, 6.45) is 0. The Morgan fingerprint density at radius 1 is 1.25 bits per heavy atom. The fraction of sp³-hybridized carbons (Fsp3) is 0. The van der Waals surface area contributed by atoms with E-state index in [2.05, 4.69) is 37.9 Å². The molecule has 0 aliphatic heterocycles. The van der Waals surface area contributed by atoms with Crippen LogP contribution >= 0.6 is 34.2 Å². The number of hydrogen-bond acceptors (Lipinski definition) is 4. The Labute approximate surface area is 111 Å². The lowest BCUT2D eigenvalue weighted by Crippen LogP contribution is -2.00. The van der Waals surface area contributed by atoms with E-state index in [0.29, 0.717) is 11.0 Å². The lowest BCUT2D eigenvalue weighted by atomic mass is 10.3. The third kappa shape index (κ3) is 2.73. The van der Waals surface area contributed by atoms with Crippen LogP contribution in [0.4, 0.5) is 17.5 Å². The number of nitrogens with zero attached hydrogens (tertiary/aromatic N) is 2. The lowest BCUT2D eigenvalue weighted by Gasteiger charge is -2.07. The van der Waals surface area contributed by atoms with E-state index in [1.54, 1.807) is 6.07 Å². The van der Waals surface area contributed by atoms with Crippen molar-refractivity contribution in [1.29, 1.82) is 0 Å². The predicted octanol–water partition coefficient (Wildman–Crippen LogP) is 3.06. The fourth-order valence-corrected chi connectivity index (χ4v) is 1.91. The molecule has 1 aromatic carbocycles. The number of benzene rings is 1. The Kier molecular flexibility index (Phi) is 3.45. The summed E-state index contributed by atoms with van der Waals surface area (Å²) >= 11 is 8.02. The van der Waals surface area contributed by atoms with Gasteiger partial charge in [0.1, 0.15) is 11.0 Å². The maximum atomic E-state index is 5.78. The van der Waals surface area contributed by atoms with Crippen LogP contribution in [0, 0.1) is 3.57 Å². The van der Waals surface area contributed by atoms with Crippen LogP contribution in [-0.4, -0.2) is 9.97 Å². The molecule has 0 atom stereocenters. The van der Waals surface area contributed by atoms with Crippen molar-refractivity contribution in [1.82, 2.24) is 9.97 Å². The number of nitrogens with one attached hydrogen (secondary N) is 1. The molecule has 0 saturated carbocycles. The van der Waals surface area contributed by atoms with Gasteiger partial charge in [-0.15, -0.1) is 0 Å². The second-order valence-electron chi connectivity index (χ2n) is 3.04. The highest BCUT2D eigenvalue weighted by Crippen LogP contribution is 2.22. The number of aromatic nitrogens is 2. The van der Waals surface area contributed by atoms with Crippen LogP contribution in [0.15, 0.2) is 30.3 Å². The quantitative estimate of drug-likeness (QED) is 0.648. The first-order chi connectivity index (χ1) is 7.65. The van der Waals surface area contributed by atoms with Crippen molar-refractivity contribution < 1.29 is 0 Å². The lowest BCUT2D eigenvalue weighted by molar-refractivity contribution is 1.18. The van der Waals surface area contributed by atoms with Crippen LogP contribution in [0.5, 0.6) is 0 Å². The molecule has 16 heavy (non-hydrogen) atoms. The van der Waals surface area contributed by atoms with Gasteiger partial charge in [0, 0.05) is 9.64 Å². The second kappa shape index (κ2) is 4.84. The van der Waals surface area contributed by atoms with Crippen molar-refractivity contribution in [2.24, 2.45) is 0 Å². The number of nitrogens with two attached hydrogens (primary N) is 1. The number of anilines is 3. The van der Waals surface area contributed by atoms with Crippen molar-refractivity contribution >= 4 is 51.6 Å². The molecule has 0 saturated heterocycles. The van der Waals surface area contributed by atoms with Gasteiger partial charge < -0.3 is 11.1 Å². The van der Waals surface area contributed by atoms with E-state index >= 15 is 0 Å². The van der Waals surface area contributed by atoms with Gasteiger partial charge in [-0.05, 0) is 34.7 Å². The van der Waals surface area contributed by atoms with Gasteiger partial charge in [-0.3, -0.25) is 0 Å². The molecular formula is C10H8ClIN4. The van der Waals surface area contributed by atoms with Crippen LogP contribution < -0.4 is 11.1 Å². The standard InChI is InChI=1S/C10H8ClIN4/c11-8-5-9(16-10(13)15-8)14-7-4-2-1-3-6(7)12/h1-5H,(H3,13,14,15,16). The smallest absolute Gasteiger partial charge is 0.223 e. The molecule has 4 nitrogen and oxygen atoms in total. The van der Waals surface area contributed by atoms with Gasteiger partial charge in [0.2, 0.25) is 5.95 Å². The van der Waals surface area contributed by atoms with E-state index in [-0.39, 0.29) is 5.95 Å². The van der Waals surface area contributed by atoms with Crippen molar-refractivity contribution in [2.75, 3.05) is 11.1 Å². The Bertz CT molecular complexity index is 498. The van der Waals surface area contributed by atoms with Crippen LogP contribution in [0.25, 0.3) is 0 Å². The molecule has 0 bridgehead atoms. The van der Waals surface area contributed by atoms with Gasteiger partial charge in [0.25, 0.3) is 0 Å². The molecule has 0 aliphatic carbocycles. The minimum atomic E-state index is 0.154. The third-order valence-corrected chi connectivity index (χ3v) is 2.98. The largest absolute Gasteiger partial charge is 0.368 e. The van der Waals surface area contributed by atoms with Gasteiger partial charge >= 0.3 is 0 Å². The van der Waals surface area contributed by atoms with Gasteiger partial charge in [-0.2, -0.15) is 4.98 Å². The van der Waals surface area contributed by atoms with Crippen molar-refractivity contribution in [2.45, 2.75) is 0 Å². The normalized spacial score (nSPS) is 10.1. The third-order valence-electron chi connectivity index (χ3n) is 1.85. The molecule has 2 aromatic rings. The first kappa shape index (κ1) is 11.4. The average Bonchev–Trinajstić information content (AvgIpc) is 2.20. The van der Waals surface area contributed by atoms with Crippen molar-refractivity contribution in [3.63, 3.8) is 0 Å². The predicted molar refractivity (Wildman–Crippen MR) is 73.9 cm³/mol. The fourth-order valence-electron chi connectivity index (χ4n) is 1.20. The van der Waals surface area contributed by atoms with Crippen LogP contribution in [-0.2, 0) is 0 Å². The molecule has 2 rings (SSSR count). The monoisotopic (exact) mass is 346 g/mol. The van der Waals surface area contributed by atoms with Crippen LogP contribution in [0.3, 0.4) is 0 Å². The van der Waals surface area contributed by atoms with Gasteiger partial charge in [-0.1, -0.05) is 23.7 Å². The van der Waals surface area contributed by atoms with Crippen LogP contribution in [0.2, 0.25) is 5.15 Å². The van der Waals surface area contributed by atoms with E-state index in [1.807, 2.05) is 24.3 Å². The number of nitrogen functional groups attached to an aromatic ring is 1. The zero-order chi connectivity index (χ0) is 11.5. The molecule has 0 spiro atoms. The second-order valence-corrected chi connectivity index (χ2v) is 4.59. The maximum Gasteiger partial charge on any atom is 0.223 e. The number of para-hydroxylation sites is 1. The van der Waals surface area contributed by atoms with Gasteiger partial charge in [-0.25, -0.2) is 4.98 Å². The Morgan fingerprint density at radius 2 is 2.00 bits per heavy atom. The number of rotatable bonds is 2. The molecule has 3 N–H and O–H groups in total. The molecule has 1 heterocycles. The number of halogens is 2. The average molecular weight is 347 g/mol. The molecule has 82 valence electrons. The highest BCUT2D eigenvalue weighted by molar-refractivity contribution is 14.1. The van der Waals surface area contributed by atoms with Gasteiger partial charge in [0.15, 0.2) is 0 Å². The maximum absolute atomic E-state index is 5.78. The molecule has 0 fully saturated rings. The summed E-state index contributed by atoms with van der Waals surface area (Å²) in [6, 6.07) is 9.48. The van der Waals surface area contributed by atoms with Crippen molar-refractivity contribution in [3.8, 4) is 0 Å². The van der Waals surface area contributed by atoms with E-state index in [1.165, 1.54) is 0 Å². The highest BCUT2D eigenvalue weighted by atomic mass is 127. The molecule has 0 aliphatic rings. The number of hydrogen-bond donors (Lipinski definition) is 2. The highest BCUT2D eigenvalue weighted by Gasteiger charge is 2.03. The minimum Gasteiger partial charge on any atom is -0.368 e. The topological polar surface area (TPSA) is 63.8 Å². The summed E-state index contributed by atoms with van der Waals surface area (Å²) in [6.45, 7) is 0. The zero-order valence-corrected chi connectivity index (χ0v) is 11.0. The molecule has 6 heteroatoms. The molecular weight excluding hydrogens is 338 g/mol. The van der Waals surface area contributed by atoms with Gasteiger partial charge in [0.05, 0.1) is 5.69 Å². The van der Waals surface area contributed by atoms with E-state index < -0.39 is 0 Å². The molecule has 1 aromatic heterocycles. The Morgan fingerprint density at radius 3 is 2.69 bits per heavy atom. The zero-order valence-electron chi connectivity index (χ0n) is 8.11. The summed E-state index contributed by atoms with van der Waals surface area (Å²) in [5, 5.41) is 3.45. The van der Waals surface area contributed by atoms with E-state index in [9.17, 15) is 0 Å². The minimum absolute atomic E-state index is 0.154. The van der Waals surface area contributed by atoms with E-state index in [4.69, 9.17) is 17.3 Å². The Hall–Kier alpha value is -1.08. The van der Waals surface area contributed by atoms with Crippen LogP contribution in [0.1, 0.15) is 0 Å². The summed E-state index contributed by atoms with van der Waals surface area (Å²) in [5.41, 5.74) is 6.46. The first-order valence-electron chi connectivity index (χ1n) is 4.47. The molecule has 0 radical (unpaired) electrons. The molecule has 0 amide bonds. The van der Waals surface area contributed by atoms with Crippen molar-refractivity contribution in [3.05, 3.63) is 39.1 Å². The SMILES string of the molecule is Nc1nc(Cl)cc(Nc2ccccc2I)n1. The summed E-state index contributed by atoms with van der Waals surface area (Å²) in [4.78, 5) is 7.83. The first-order valence-corrected chi connectivity index (χ1v) is 5.92. The summed E-state index contributed by atoms with van der Waals surface area (Å²) in [5.74, 6) is 0.738. The van der Waals surface area contributed by atoms with E-state index in [0.717, 1.165) is 9.26 Å². The Balaban J connectivity index is 2.30.